The minimum Gasteiger partial charge on any atom is -0.394 e. The van der Waals surface area contributed by atoms with Crippen molar-refractivity contribution < 1.29 is 9.90 Å². The van der Waals surface area contributed by atoms with Gasteiger partial charge in [0.15, 0.2) is 0 Å². The number of carbonyl (C=O) groups excluding carboxylic acids is 1. The van der Waals surface area contributed by atoms with E-state index in [9.17, 15) is 4.79 Å². The second kappa shape index (κ2) is 7.78. The van der Waals surface area contributed by atoms with Crippen LogP contribution in [0, 0.1) is 0 Å². The Labute approximate surface area is 124 Å². The van der Waals surface area contributed by atoms with Crippen molar-refractivity contribution in [3.63, 3.8) is 0 Å². The molecule has 7 heteroatoms. The molecule has 1 fully saturated rings. The van der Waals surface area contributed by atoms with E-state index in [0.717, 1.165) is 31.9 Å². The Hall–Kier alpha value is -1.89. The Bertz CT molecular complexity index is 430. The summed E-state index contributed by atoms with van der Waals surface area (Å²) in [5.74, 6) is 0.742. The van der Waals surface area contributed by atoms with Crippen molar-refractivity contribution in [2.45, 2.75) is 38.3 Å². The van der Waals surface area contributed by atoms with Gasteiger partial charge in [0, 0.05) is 31.5 Å². The Morgan fingerprint density at radius 2 is 2.10 bits per heavy atom. The standard InChI is InChI=1S/C14H23N5O2/c1-2-11(10-20)17-14(21)18-12-4-8-19(9-5-12)13-15-6-3-7-16-13/h3,6-7,11-12,20H,2,4-5,8-10H2,1H3,(H2,17,18,21). The van der Waals surface area contributed by atoms with Gasteiger partial charge in [-0.15, -0.1) is 0 Å². The van der Waals surface area contributed by atoms with Gasteiger partial charge in [0.2, 0.25) is 5.95 Å². The number of rotatable bonds is 5. The van der Waals surface area contributed by atoms with Crippen LogP contribution in [0.2, 0.25) is 0 Å². The molecule has 0 bridgehead atoms. The smallest absolute Gasteiger partial charge is 0.315 e. The first-order valence-electron chi connectivity index (χ1n) is 7.42. The van der Waals surface area contributed by atoms with Crippen molar-refractivity contribution in [1.82, 2.24) is 20.6 Å². The van der Waals surface area contributed by atoms with E-state index in [4.69, 9.17) is 5.11 Å². The molecule has 0 radical (unpaired) electrons. The molecule has 1 aliphatic heterocycles. The predicted molar refractivity (Wildman–Crippen MR) is 80.1 cm³/mol. The number of aromatic nitrogens is 2. The summed E-state index contributed by atoms with van der Waals surface area (Å²) < 4.78 is 0. The molecule has 21 heavy (non-hydrogen) atoms. The monoisotopic (exact) mass is 293 g/mol. The average Bonchev–Trinajstić information content (AvgIpc) is 2.54. The molecule has 0 aliphatic carbocycles. The van der Waals surface area contributed by atoms with Crippen LogP contribution >= 0.6 is 0 Å². The van der Waals surface area contributed by atoms with Crippen LogP contribution in [0.15, 0.2) is 18.5 Å². The third kappa shape index (κ3) is 4.56. The van der Waals surface area contributed by atoms with Gasteiger partial charge in [0.25, 0.3) is 0 Å². The average molecular weight is 293 g/mol. The van der Waals surface area contributed by atoms with E-state index in [1.807, 2.05) is 6.92 Å². The number of nitrogens with one attached hydrogen (secondary N) is 2. The van der Waals surface area contributed by atoms with Crippen molar-refractivity contribution in [3.05, 3.63) is 18.5 Å². The zero-order valence-corrected chi connectivity index (χ0v) is 12.3. The van der Waals surface area contributed by atoms with E-state index in [0.29, 0.717) is 6.42 Å². The van der Waals surface area contributed by atoms with Crippen LogP contribution in [0.3, 0.4) is 0 Å². The minimum atomic E-state index is -0.203. The molecule has 1 aromatic heterocycles. The number of hydrogen-bond donors (Lipinski definition) is 3. The quantitative estimate of drug-likeness (QED) is 0.736. The molecule has 2 heterocycles. The third-order valence-corrected chi connectivity index (χ3v) is 3.71. The van der Waals surface area contributed by atoms with E-state index >= 15 is 0 Å². The highest BCUT2D eigenvalue weighted by Crippen LogP contribution is 2.15. The first kappa shape index (κ1) is 15.5. The van der Waals surface area contributed by atoms with Crippen LogP contribution in [-0.4, -0.2) is 52.9 Å². The van der Waals surface area contributed by atoms with Gasteiger partial charge in [-0.05, 0) is 25.3 Å². The molecule has 1 unspecified atom stereocenters. The highest BCUT2D eigenvalue weighted by atomic mass is 16.3. The lowest BCUT2D eigenvalue weighted by atomic mass is 10.1. The number of aliphatic hydroxyl groups is 1. The fourth-order valence-electron chi connectivity index (χ4n) is 2.37. The predicted octanol–water partition coefficient (Wildman–Crippen LogP) is 0.515. The van der Waals surface area contributed by atoms with Crippen LogP contribution in [0.5, 0.6) is 0 Å². The van der Waals surface area contributed by atoms with Gasteiger partial charge < -0.3 is 20.6 Å². The van der Waals surface area contributed by atoms with E-state index in [1.165, 1.54) is 0 Å². The number of carbonyl (C=O) groups is 1. The van der Waals surface area contributed by atoms with Crippen molar-refractivity contribution in [3.8, 4) is 0 Å². The molecule has 1 aliphatic rings. The second-order valence-electron chi connectivity index (χ2n) is 5.22. The van der Waals surface area contributed by atoms with Crippen molar-refractivity contribution >= 4 is 12.0 Å². The molecule has 1 atom stereocenters. The first-order chi connectivity index (χ1) is 10.2. The number of nitrogens with zero attached hydrogens (tertiary/aromatic N) is 3. The Kier molecular flexibility index (Phi) is 5.74. The number of amides is 2. The number of piperidine rings is 1. The van der Waals surface area contributed by atoms with Gasteiger partial charge in [0.05, 0.1) is 12.6 Å². The summed E-state index contributed by atoms with van der Waals surface area (Å²) in [4.78, 5) is 22.4. The van der Waals surface area contributed by atoms with Crippen molar-refractivity contribution in [1.29, 1.82) is 0 Å². The number of anilines is 1. The molecule has 2 rings (SSSR count). The van der Waals surface area contributed by atoms with E-state index in [2.05, 4.69) is 25.5 Å². The molecule has 1 aromatic rings. The van der Waals surface area contributed by atoms with E-state index in [-0.39, 0.29) is 24.7 Å². The Morgan fingerprint density at radius 3 is 2.67 bits per heavy atom. The SMILES string of the molecule is CCC(CO)NC(=O)NC1CCN(c2ncccn2)CC1. The van der Waals surface area contributed by atoms with Crippen molar-refractivity contribution in [2.75, 3.05) is 24.6 Å². The lowest BCUT2D eigenvalue weighted by Gasteiger charge is -2.32. The molecule has 0 aromatic carbocycles. The summed E-state index contributed by atoms with van der Waals surface area (Å²) in [5, 5.41) is 14.8. The zero-order chi connectivity index (χ0) is 15.1. The number of aliphatic hydroxyl groups excluding tert-OH is 1. The summed E-state index contributed by atoms with van der Waals surface area (Å²) in [7, 11) is 0. The largest absolute Gasteiger partial charge is 0.394 e. The third-order valence-electron chi connectivity index (χ3n) is 3.71. The molecule has 116 valence electrons. The number of hydrogen-bond acceptors (Lipinski definition) is 5. The molecule has 0 saturated carbocycles. The van der Waals surface area contributed by atoms with Crippen LogP contribution in [0.1, 0.15) is 26.2 Å². The van der Waals surface area contributed by atoms with Crippen LogP contribution in [-0.2, 0) is 0 Å². The fraction of sp³-hybridized carbons (Fsp3) is 0.643. The van der Waals surface area contributed by atoms with Crippen molar-refractivity contribution in [2.24, 2.45) is 0 Å². The lowest BCUT2D eigenvalue weighted by molar-refractivity contribution is 0.210. The van der Waals surface area contributed by atoms with Gasteiger partial charge >= 0.3 is 6.03 Å². The van der Waals surface area contributed by atoms with Gasteiger partial charge in [-0.25, -0.2) is 14.8 Å². The van der Waals surface area contributed by atoms with Crippen LogP contribution in [0.25, 0.3) is 0 Å². The summed E-state index contributed by atoms with van der Waals surface area (Å²) in [5.41, 5.74) is 0. The van der Waals surface area contributed by atoms with Crippen LogP contribution in [0.4, 0.5) is 10.7 Å². The topological polar surface area (TPSA) is 90.4 Å². The maximum atomic E-state index is 11.8. The Balaban J connectivity index is 1.75. The maximum absolute atomic E-state index is 11.8. The van der Waals surface area contributed by atoms with Crippen LogP contribution < -0.4 is 15.5 Å². The van der Waals surface area contributed by atoms with Gasteiger partial charge in [0.1, 0.15) is 0 Å². The molecule has 1 saturated heterocycles. The molecular weight excluding hydrogens is 270 g/mol. The summed E-state index contributed by atoms with van der Waals surface area (Å²) in [6.45, 7) is 3.55. The maximum Gasteiger partial charge on any atom is 0.315 e. The van der Waals surface area contributed by atoms with Gasteiger partial charge in [-0.3, -0.25) is 0 Å². The summed E-state index contributed by atoms with van der Waals surface area (Å²) >= 11 is 0. The zero-order valence-electron chi connectivity index (χ0n) is 12.3. The summed E-state index contributed by atoms with van der Waals surface area (Å²) in [6, 6.07) is 1.57. The molecule has 7 nitrogen and oxygen atoms in total. The minimum absolute atomic E-state index is 0.0340. The van der Waals surface area contributed by atoms with Gasteiger partial charge in [-0.2, -0.15) is 0 Å². The lowest BCUT2D eigenvalue weighted by Crippen LogP contribution is -2.50. The van der Waals surface area contributed by atoms with E-state index in [1.54, 1.807) is 18.5 Å². The fourth-order valence-corrected chi connectivity index (χ4v) is 2.37. The first-order valence-corrected chi connectivity index (χ1v) is 7.42. The van der Waals surface area contributed by atoms with Gasteiger partial charge in [-0.1, -0.05) is 6.92 Å². The molecule has 3 N–H and O–H groups in total. The highest BCUT2D eigenvalue weighted by molar-refractivity contribution is 5.74. The second-order valence-corrected chi connectivity index (χ2v) is 5.22. The highest BCUT2D eigenvalue weighted by Gasteiger charge is 2.22. The molecule has 0 spiro atoms. The normalized spacial score (nSPS) is 17.3. The van der Waals surface area contributed by atoms with E-state index < -0.39 is 0 Å². The summed E-state index contributed by atoms with van der Waals surface area (Å²) in [6.07, 6.45) is 5.91. The number of urea groups is 1. The Morgan fingerprint density at radius 1 is 1.43 bits per heavy atom. The molecule has 2 amide bonds. The molecular formula is C14H23N5O2.